The van der Waals surface area contributed by atoms with Crippen molar-refractivity contribution in [3.05, 3.63) is 81.3 Å². The smallest absolute Gasteiger partial charge is 0.493 e. The lowest BCUT2D eigenvalue weighted by Crippen LogP contribution is -2.25. The van der Waals surface area contributed by atoms with Gasteiger partial charge >= 0.3 is 6.16 Å². The molecule has 8 nitrogen and oxygen atoms in total. The quantitative estimate of drug-likeness (QED) is 0.186. The van der Waals surface area contributed by atoms with Crippen LogP contribution in [0.3, 0.4) is 0 Å². The van der Waals surface area contributed by atoms with Crippen LogP contribution in [0.5, 0.6) is 23.0 Å². The molecule has 11 heteroatoms. The van der Waals surface area contributed by atoms with Gasteiger partial charge in [0, 0.05) is 41.6 Å². The van der Waals surface area contributed by atoms with Crippen LogP contribution in [0.2, 0.25) is 10.0 Å². The normalized spacial score (nSPS) is 14.1. The molecule has 39 heavy (non-hydrogen) atoms. The number of ether oxygens (including phenoxy) is 4. The van der Waals surface area contributed by atoms with Crippen molar-refractivity contribution >= 4 is 35.3 Å². The standard InChI is InChI=1S/C28H26Cl2FNO7/c29-19-5-2-17(24(14-19)36-12-1-10-31)8-11-32-27(33)18-3-6-20(7-4-18)38-26-16-25-21(15-22(26)30)23(9-13-37-25)39-28(34)35/h2-7,14-16,23H,1,8-13H2,(H,32,33)(H,34,35). The summed E-state index contributed by atoms with van der Waals surface area (Å²) in [7, 11) is 0. The highest BCUT2D eigenvalue weighted by molar-refractivity contribution is 6.32. The van der Waals surface area contributed by atoms with Gasteiger partial charge in [0.15, 0.2) is 0 Å². The largest absolute Gasteiger partial charge is 0.506 e. The molecule has 206 valence electrons. The van der Waals surface area contributed by atoms with Gasteiger partial charge in [-0.1, -0.05) is 29.3 Å². The minimum atomic E-state index is -1.37. The number of carboxylic acid groups (broad SMARTS) is 1. The van der Waals surface area contributed by atoms with Gasteiger partial charge in [0.05, 0.1) is 24.9 Å². The molecule has 3 aromatic rings. The van der Waals surface area contributed by atoms with Gasteiger partial charge in [0.1, 0.15) is 29.1 Å². The average Bonchev–Trinajstić information content (AvgIpc) is 2.91. The van der Waals surface area contributed by atoms with Crippen molar-refractivity contribution in [1.82, 2.24) is 5.32 Å². The molecule has 3 aromatic carbocycles. The lowest BCUT2D eigenvalue weighted by molar-refractivity contribution is 0.0326. The molecule has 1 aliphatic heterocycles. The summed E-state index contributed by atoms with van der Waals surface area (Å²) in [6.07, 6.45) is -0.865. The van der Waals surface area contributed by atoms with Gasteiger partial charge in [-0.3, -0.25) is 9.18 Å². The van der Waals surface area contributed by atoms with Gasteiger partial charge in [0.25, 0.3) is 5.91 Å². The maximum Gasteiger partial charge on any atom is 0.506 e. The third-order valence-corrected chi connectivity index (χ3v) is 6.41. The number of carbonyl (C=O) groups excluding carboxylic acids is 1. The van der Waals surface area contributed by atoms with Gasteiger partial charge in [-0.05, 0) is 54.4 Å². The molecule has 0 radical (unpaired) electrons. The lowest BCUT2D eigenvalue weighted by Gasteiger charge is -2.25. The summed E-state index contributed by atoms with van der Waals surface area (Å²) in [5.74, 6) is 1.50. The number of amides is 1. The van der Waals surface area contributed by atoms with E-state index in [2.05, 4.69) is 5.32 Å². The third kappa shape index (κ3) is 7.68. The summed E-state index contributed by atoms with van der Waals surface area (Å²) >= 11 is 12.4. The minimum absolute atomic E-state index is 0.244. The average molecular weight is 578 g/mol. The molecule has 0 spiro atoms. The zero-order valence-corrected chi connectivity index (χ0v) is 22.3. The molecule has 0 saturated heterocycles. The van der Waals surface area contributed by atoms with E-state index in [4.69, 9.17) is 47.3 Å². The van der Waals surface area contributed by atoms with E-state index in [1.165, 1.54) is 0 Å². The molecule has 1 aliphatic rings. The number of nitrogens with one attached hydrogen (secondary N) is 1. The summed E-state index contributed by atoms with van der Waals surface area (Å²) in [5.41, 5.74) is 1.82. The third-order valence-electron chi connectivity index (χ3n) is 5.88. The Morgan fingerprint density at radius 3 is 2.62 bits per heavy atom. The van der Waals surface area contributed by atoms with E-state index in [1.54, 1.807) is 48.5 Å². The number of rotatable bonds is 11. The zero-order valence-electron chi connectivity index (χ0n) is 20.8. The maximum atomic E-state index is 12.6. The molecular formula is C28H26Cl2FNO7. The molecular weight excluding hydrogens is 552 g/mol. The van der Waals surface area contributed by atoms with Crippen LogP contribution in [0.15, 0.2) is 54.6 Å². The van der Waals surface area contributed by atoms with Crippen LogP contribution >= 0.6 is 23.2 Å². The van der Waals surface area contributed by atoms with Crippen LogP contribution in [-0.2, 0) is 11.2 Å². The summed E-state index contributed by atoms with van der Waals surface area (Å²) in [6.45, 7) is 0.430. The van der Waals surface area contributed by atoms with E-state index < -0.39 is 18.9 Å². The Morgan fingerprint density at radius 1 is 1.08 bits per heavy atom. The van der Waals surface area contributed by atoms with Gasteiger partial charge in [-0.25, -0.2) is 4.79 Å². The van der Waals surface area contributed by atoms with Crippen molar-refractivity contribution in [1.29, 1.82) is 0 Å². The minimum Gasteiger partial charge on any atom is -0.493 e. The highest BCUT2D eigenvalue weighted by Crippen LogP contribution is 2.42. The van der Waals surface area contributed by atoms with Crippen molar-refractivity contribution < 1.29 is 38.0 Å². The van der Waals surface area contributed by atoms with Crippen LogP contribution in [0.4, 0.5) is 9.18 Å². The fourth-order valence-electron chi connectivity index (χ4n) is 4.00. The molecule has 1 atom stereocenters. The molecule has 1 unspecified atom stereocenters. The van der Waals surface area contributed by atoms with E-state index in [9.17, 15) is 14.0 Å². The van der Waals surface area contributed by atoms with E-state index >= 15 is 0 Å². The number of carbonyl (C=O) groups is 2. The van der Waals surface area contributed by atoms with E-state index in [1.807, 2.05) is 6.07 Å². The summed E-state index contributed by atoms with van der Waals surface area (Å²) in [4.78, 5) is 23.6. The van der Waals surface area contributed by atoms with Gasteiger partial charge in [-0.2, -0.15) is 0 Å². The van der Waals surface area contributed by atoms with Crippen molar-refractivity contribution in [2.24, 2.45) is 0 Å². The molecule has 4 rings (SSSR count). The van der Waals surface area contributed by atoms with Crippen LogP contribution in [0, 0.1) is 0 Å². The Kier molecular flexibility index (Phi) is 9.73. The van der Waals surface area contributed by atoms with Gasteiger partial charge < -0.3 is 29.4 Å². The first-order valence-electron chi connectivity index (χ1n) is 12.2. The second kappa shape index (κ2) is 13.4. The van der Waals surface area contributed by atoms with E-state index in [0.717, 1.165) is 5.56 Å². The van der Waals surface area contributed by atoms with E-state index in [0.29, 0.717) is 65.1 Å². The number of hydrogen-bond acceptors (Lipinski definition) is 6. The molecule has 1 amide bonds. The fraction of sp³-hybridized carbons (Fsp3) is 0.286. The molecule has 0 aromatic heterocycles. The Balaban J connectivity index is 1.34. The number of hydrogen-bond donors (Lipinski definition) is 2. The molecule has 1 heterocycles. The van der Waals surface area contributed by atoms with E-state index in [-0.39, 0.29) is 24.0 Å². The van der Waals surface area contributed by atoms with Crippen LogP contribution in [0.1, 0.15) is 40.4 Å². The Hall–Kier alpha value is -3.69. The summed E-state index contributed by atoms with van der Waals surface area (Å²) < 4.78 is 34.5. The van der Waals surface area contributed by atoms with Crippen molar-refractivity contribution in [2.75, 3.05) is 26.4 Å². The summed E-state index contributed by atoms with van der Waals surface area (Å²) in [6, 6.07) is 14.9. The number of alkyl halides is 1. The van der Waals surface area contributed by atoms with Gasteiger partial charge in [0.2, 0.25) is 0 Å². The SMILES string of the molecule is O=C(O)OC1CCOc2cc(Oc3ccc(C(=O)NCCc4ccc(Cl)cc4OCCCF)cc3)c(Cl)cc21. The Labute approximate surface area is 234 Å². The maximum absolute atomic E-state index is 12.6. The molecule has 0 fully saturated rings. The summed E-state index contributed by atoms with van der Waals surface area (Å²) in [5, 5.41) is 12.6. The second-order valence-corrected chi connectivity index (χ2v) is 9.45. The van der Waals surface area contributed by atoms with Crippen molar-refractivity contribution in [3.63, 3.8) is 0 Å². The fourth-order valence-corrected chi connectivity index (χ4v) is 4.37. The molecule has 0 bridgehead atoms. The predicted molar refractivity (Wildman–Crippen MR) is 144 cm³/mol. The monoisotopic (exact) mass is 577 g/mol. The first kappa shape index (κ1) is 28.3. The predicted octanol–water partition coefficient (Wildman–Crippen LogP) is 7.01. The van der Waals surface area contributed by atoms with Crippen LogP contribution < -0.4 is 19.5 Å². The zero-order chi connectivity index (χ0) is 27.8. The number of fused-ring (bicyclic) bond motifs is 1. The molecule has 0 aliphatic carbocycles. The highest BCUT2D eigenvalue weighted by atomic mass is 35.5. The first-order chi connectivity index (χ1) is 18.8. The van der Waals surface area contributed by atoms with Crippen molar-refractivity contribution in [3.8, 4) is 23.0 Å². The Morgan fingerprint density at radius 2 is 1.87 bits per heavy atom. The molecule has 0 saturated carbocycles. The van der Waals surface area contributed by atoms with Crippen molar-refractivity contribution in [2.45, 2.75) is 25.4 Å². The lowest BCUT2D eigenvalue weighted by atomic mass is 10.0. The topological polar surface area (TPSA) is 103 Å². The molecule has 2 N–H and O–H groups in total. The van der Waals surface area contributed by atoms with Crippen LogP contribution in [0.25, 0.3) is 0 Å². The highest BCUT2D eigenvalue weighted by Gasteiger charge is 2.27. The Bertz CT molecular complexity index is 1320. The second-order valence-electron chi connectivity index (χ2n) is 8.61. The van der Waals surface area contributed by atoms with Gasteiger partial charge in [-0.15, -0.1) is 0 Å². The first-order valence-corrected chi connectivity index (χ1v) is 13.0. The van der Waals surface area contributed by atoms with Crippen LogP contribution in [-0.4, -0.2) is 43.6 Å². The number of halogens is 3. The number of benzene rings is 3.